The van der Waals surface area contributed by atoms with E-state index in [4.69, 9.17) is 15.6 Å². The van der Waals surface area contributed by atoms with E-state index in [0.29, 0.717) is 37.0 Å². The Kier molecular flexibility index (Phi) is 5.15. The SMILES string of the molecule is CCOc1ncnc(NCC(C)(C)CCO)c1N. The lowest BCUT2D eigenvalue weighted by molar-refractivity contribution is 0.220. The molecule has 0 saturated heterocycles. The third kappa shape index (κ3) is 4.03. The Hall–Kier alpha value is -1.56. The minimum absolute atomic E-state index is 0.0298. The average Bonchev–Trinajstić information content (AvgIpc) is 2.30. The van der Waals surface area contributed by atoms with E-state index < -0.39 is 0 Å². The van der Waals surface area contributed by atoms with Crippen LogP contribution in [0.25, 0.3) is 0 Å². The topological polar surface area (TPSA) is 93.3 Å². The fourth-order valence-corrected chi connectivity index (χ4v) is 1.49. The molecule has 4 N–H and O–H groups in total. The first kappa shape index (κ1) is 14.5. The van der Waals surface area contributed by atoms with Gasteiger partial charge in [-0.25, -0.2) is 4.98 Å². The molecule has 0 atom stereocenters. The van der Waals surface area contributed by atoms with Gasteiger partial charge in [-0.3, -0.25) is 0 Å². The molecular formula is C12H22N4O2. The number of nitrogens with one attached hydrogen (secondary N) is 1. The number of nitrogens with two attached hydrogens (primary N) is 1. The Bertz CT molecular complexity index is 382. The summed E-state index contributed by atoms with van der Waals surface area (Å²) >= 11 is 0. The molecule has 1 aromatic heterocycles. The van der Waals surface area contributed by atoms with Crippen molar-refractivity contribution < 1.29 is 9.84 Å². The van der Waals surface area contributed by atoms with Gasteiger partial charge in [-0.05, 0) is 18.8 Å². The summed E-state index contributed by atoms with van der Waals surface area (Å²) in [6.45, 7) is 7.35. The summed E-state index contributed by atoms with van der Waals surface area (Å²) < 4.78 is 5.30. The average molecular weight is 254 g/mol. The maximum absolute atomic E-state index is 8.97. The summed E-state index contributed by atoms with van der Waals surface area (Å²) in [5, 5.41) is 12.1. The van der Waals surface area contributed by atoms with Crippen LogP contribution in [-0.2, 0) is 0 Å². The highest BCUT2D eigenvalue weighted by molar-refractivity contribution is 5.66. The number of rotatable bonds is 7. The fourth-order valence-electron chi connectivity index (χ4n) is 1.49. The van der Waals surface area contributed by atoms with E-state index in [1.54, 1.807) is 0 Å². The van der Waals surface area contributed by atoms with Crippen LogP contribution < -0.4 is 15.8 Å². The first-order valence-corrected chi connectivity index (χ1v) is 6.08. The zero-order chi connectivity index (χ0) is 13.6. The minimum atomic E-state index is -0.0298. The number of aliphatic hydroxyl groups excluding tert-OH is 1. The van der Waals surface area contributed by atoms with Gasteiger partial charge in [0.1, 0.15) is 12.0 Å². The largest absolute Gasteiger partial charge is 0.476 e. The lowest BCUT2D eigenvalue weighted by Crippen LogP contribution is -2.25. The van der Waals surface area contributed by atoms with Crippen LogP contribution >= 0.6 is 0 Å². The fraction of sp³-hybridized carbons (Fsp3) is 0.667. The summed E-state index contributed by atoms with van der Waals surface area (Å²) in [6.07, 6.45) is 2.13. The van der Waals surface area contributed by atoms with E-state index in [9.17, 15) is 0 Å². The summed E-state index contributed by atoms with van der Waals surface area (Å²) in [5.41, 5.74) is 6.30. The van der Waals surface area contributed by atoms with Crippen molar-refractivity contribution in [3.8, 4) is 5.88 Å². The molecule has 0 aliphatic rings. The summed E-state index contributed by atoms with van der Waals surface area (Å²) in [5.74, 6) is 0.967. The Morgan fingerprint density at radius 2 is 2.17 bits per heavy atom. The van der Waals surface area contributed by atoms with Gasteiger partial charge in [-0.1, -0.05) is 13.8 Å². The Morgan fingerprint density at radius 3 is 2.78 bits per heavy atom. The molecule has 0 bridgehead atoms. The van der Waals surface area contributed by atoms with Crippen molar-refractivity contribution in [3.63, 3.8) is 0 Å². The van der Waals surface area contributed by atoms with Gasteiger partial charge in [0.05, 0.1) is 6.61 Å². The summed E-state index contributed by atoms with van der Waals surface area (Å²) in [4.78, 5) is 8.07. The molecule has 0 aromatic carbocycles. The zero-order valence-corrected chi connectivity index (χ0v) is 11.2. The molecule has 0 aliphatic carbocycles. The Balaban J connectivity index is 2.70. The number of hydrogen-bond acceptors (Lipinski definition) is 6. The third-order valence-corrected chi connectivity index (χ3v) is 2.65. The predicted molar refractivity (Wildman–Crippen MR) is 71.6 cm³/mol. The molecule has 0 amide bonds. The van der Waals surface area contributed by atoms with E-state index >= 15 is 0 Å². The second kappa shape index (κ2) is 6.39. The van der Waals surface area contributed by atoms with Gasteiger partial charge < -0.3 is 20.9 Å². The highest BCUT2D eigenvalue weighted by Gasteiger charge is 2.18. The van der Waals surface area contributed by atoms with E-state index in [0.717, 1.165) is 0 Å². The van der Waals surface area contributed by atoms with Gasteiger partial charge >= 0.3 is 0 Å². The number of nitrogens with zero attached hydrogens (tertiary/aromatic N) is 2. The smallest absolute Gasteiger partial charge is 0.242 e. The molecule has 6 heteroatoms. The van der Waals surface area contributed by atoms with Crippen LogP contribution in [0.1, 0.15) is 27.2 Å². The number of hydrogen-bond donors (Lipinski definition) is 3. The first-order chi connectivity index (χ1) is 8.50. The number of ether oxygens (including phenoxy) is 1. The van der Waals surface area contributed by atoms with Crippen molar-refractivity contribution in [2.75, 3.05) is 30.8 Å². The second-order valence-electron chi connectivity index (χ2n) is 4.87. The van der Waals surface area contributed by atoms with E-state index in [-0.39, 0.29) is 12.0 Å². The molecule has 6 nitrogen and oxygen atoms in total. The monoisotopic (exact) mass is 254 g/mol. The zero-order valence-electron chi connectivity index (χ0n) is 11.2. The van der Waals surface area contributed by atoms with Crippen LogP contribution in [0, 0.1) is 5.41 Å². The van der Waals surface area contributed by atoms with E-state index in [1.807, 2.05) is 6.92 Å². The van der Waals surface area contributed by atoms with Gasteiger partial charge in [0, 0.05) is 13.2 Å². The van der Waals surface area contributed by atoms with Crippen LogP contribution in [0.4, 0.5) is 11.5 Å². The molecule has 0 spiro atoms. The lowest BCUT2D eigenvalue weighted by Gasteiger charge is -2.24. The summed E-state index contributed by atoms with van der Waals surface area (Å²) in [6, 6.07) is 0. The third-order valence-electron chi connectivity index (χ3n) is 2.65. The maximum Gasteiger partial charge on any atom is 0.242 e. The number of anilines is 2. The van der Waals surface area contributed by atoms with Crippen LogP contribution in [0.15, 0.2) is 6.33 Å². The Morgan fingerprint density at radius 1 is 1.44 bits per heavy atom. The van der Waals surface area contributed by atoms with Crippen LogP contribution in [0.3, 0.4) is 0 Å². The molecule has 0 unspecified atom stereocenters. The molecular weight excluding hydrogens is 232 g/mol. The van der Waals surface area contributed by atoms with Crippen molar-refractivity contribution in [1.82, 2.24) is 9.97 Å². The lowest BCUT2D eigenvalue weighted by atomic mass is 9.90. The van der Waals surface area contributed by atoms with Crippen molar-refractivity contribution in [2.24, 2.45) is 5.41 Å². The van der Waals surface area contributed by atoms with Gasteiger partial charge in [0.15, 0.2) is 5.82 Å². The summed E-state index contributed by atoms with van der Waals surface area (Å²) in [7, 11) is 0. The van der Waals surface area contributed by atoms with Gasteiger partial charge in [0.2, 0.25) is 5.88 Å². The molecule has 1 aromatic rings. The number of aliphatic hydroxyl groups is 1. The Labute approximate surface area is 108 Å². The molecule has 18 heavy (non-hydrogen) atoms. The highest BCUT2D eigenvalue weighted by Crippen LogP contribution is 2.26. The quantitative estimate of drug-likeness (QED) is 0.678. The highest BCUT2D eigenvalue weighted by atomic mass is 16.5. The predicted octanol–water partition coefficient (Wildman–Crippen LogP) is 1.28. The van der Waals surface area contributed by atoms with Crippen molar-refractivity contribution >= 4 is 11.5 Å². The van der Waals surface area contributed by atoms with E-state index in [1.165, 1.54) is 6.33 Å². The van der Waals surface area contributed by atoms with Crippen LogP contribution in [0.2, 0.25) is 0 Å². The molecule has 0 aliphatic heterocycles. The van der Waals surface area contributed by atoms with Crippen molar-refractivity contribution in [3.05, 3.63) is 6.33 Å². The van der Waals surface area contributed by atoms with Crippen molar-refractivity contribution in [1.29, 1.82) is 0 Å². The molecule has 1 heterocycles. The van der Waals surface area contributed by atoms with Gasteiger partial charge in [0.25, 0.3) is 0 Å². The minimum Gasteiger partial charge on any atom is -0.476 e. The normalized spacial score (nSPS) is 11.3. The van der Waals surface area contributed by atoms with Crippen LogP contribution in [0.5, 0.6) is 5.88 Å². The van der Waals surface area contributed by atoms with Crippen LogP contribution in [-0.4, -0.2) is 34.8 Å². The molecule has 0 radical (unpaired) electrons. The molecule has 102 valence electrons. The molecule has 0 saturated carbocycles. The molecule has 0 fully saturated rings. The first-order valence-electron chi connectivity index (χ1n) is 6.08. The van der Waals surface area contributed by atoms with Gasteiger partial charge in [-0.2, -0.15) is 4.98 Å². The maximum atomic E-state index is 8.97. The standard InChI is InChI=1S/C12H22N4O2/c1-4-18-11-9(13)10(15-8-16-11)14-7-12(2,3)5-6-17/h8,17H,4-7,13H2,1-3H3,(H,14,15,16). The number of aromatic nitrogens is 2. The van der Waals surface area contributed by atoms with E-state index in [2.05, 4.69) is 29.1 Å². The van der Waals surface area contributed by atoms with Crippen molar-refractivity contribution in [2.45, 2.75) is 27.2 Å². The number of nitrogen functional groups attached to an aromatic ring is 1. The second-order valence-corrected chi connectivity index (χ2v) is 4.87. The molecule has 1 rings (SSSR count). The van der Waals surface area contributed by atoms with Gasteiger partial charge in [-0.15, -0.1) is 0 Å².